The molecular formula is C16H17ClN4O2. The first kappa shape index (κ1) is 15.7. The van der Waals surface area contributed by atoms with Gasteiger partial charge in [0.05, 0.1) is 13.2 Å². The smallest absolute Gasteiger partial charge is 0.274 e. The molecule has 1 aromatic heterocycles. The molecule has 1 saturated heterocycles. The monoisotopic (exact) mass is 332 g/mol. The van der Waals surface area contributed by atoms with Crippen molar-refractivity contribution >= 4 is 29.0 Å². The zero-order chi connectivity index (χ0) is 16.2. The largest absolute Gasteiger partial charge is 0.378 e. The first-order valence-corrected chi connectivity index (χ1v) is 7.76. The number of nitrogens with one attached hydrogen (secondary N) is 1. The van der Waals surface area contributed by atoms with Crippen molar-refractivity contribution in [2.45, 2.75) is 6.92 Å². The highest BCUT2D eigenvalue weighted by molar-refractivity contribution is 6.31. The predicted molar refractivity (Wildman–Crippen MR) is 88.2 cm³/mol. The average Bonchev–Trinajstić information content (AvgIpc) is 2.60. The Kier molecular flexibility index (Phi) is 4.73. The van der Waals surface area contributed by atoms with Gasteiger partial charge in [-0.1, -0.05) is 17.7 Å². The molecule has 0 spiro atoms. The van der Waals surface area contributed by atoms with E-state index in [4.69, 9.17) is 16.3 Å². The van der Waals surface area contributed by atoms with Gasteiger partial charge in [0.2, 0.25) is 0 Å². The lowest BCUT2D eigenvalue weighted by atomic mass is 10.2. The molecule has 0 bridgehead atoms. The number of benzene rings is 1. The van der Waals surface area contributed by atoms with Gasteiger partial charge in [-0.05, 0) is 36.8 Å². The van der Waals surface area contributed by atoms with Gasteiger partial charge in [0, 0.05) is 23.8 Å². The molecule has 0 atom stereocenters. The lowest BCUT2D eigenvalue weighted by Gasteiger charge is -2.26. The van der Waals surface area contributed by atoms with E-state index in [9.17, 15) is 4.79 Å². The third kappa shape index (κ3) is 3.60. The van der Waals surface area contributed by atoms with Crippen molar-refractivity contribution in [2.75, 3.05) is 31.6 Å². The zero-order valence-corrected chi connectivity index (χ0v) is 13.5. The molecule has 3 rings (SSSR count). The van der Waals surface area contributed by atoms with E-state index in [1.54, 1.807) is 17.0 Å². The van der Waals surface area contributed by atoms with Crippen LogP contribution in [0.1, 0.15) is 16.1 Å². The van der Waals surface area contributed by atoms with E-state index >= 15 is 0 Å². The molecule has 1 aromatic carbocycles. The van der Waals surface area contributed by atoms with Gasteiger partial charge < -0.3 is 15.0 Å². The number of aromatic nitrogens is 2. The highest BCUT2D eigenvalue weighted by Crippen LogP contribution is 2.25. The molecule has 2 heterocycles. The minimum atomic E-state index is -0.119. The van der Waals surface area contributed by atoms with E-state index in [1.807, 2.05) is 25.1 Å². The third-order valence-electron chi connectivity index (χ3n) is 3.71. The second kappa shape index (κ2) is 6.93. The number of hydrogen-bond acceptors (Lipinski definition) is 5. The van der Waals surface area contributed by atoms with Crippen LogP contribution in [-0.2, 0) is 4.74 Å². The molecule has 6 nitrogen and oxygen atoms in total. The van der Waals surface area contributed by atoms with Crippen LogP contribution in [0.25, 0.3) is 0 Å². The van der Waals surface area contributed by atoms with Crippen LogP contribution in [0.15, 0.2) is 30.3 Å². The molecule has 7 heteroatoms. The van der Waals surface area contributed by atoms with Crippen molar-refractivity contribution in [3.05, 3.63) is 46.6 Å². The summed E-state index contributed by atoms with van der Waals surface area (Å²) >= 11 is 6.10. The number of anilines is 2. The molecule has 120 valence electrons. The Morgan fingerprint density at radius 2 is 2.00 bits per heavy atom. The Hall–Kier alpha value is -2.18. The third-order valence-corrected chi connectivity index (χ3v) is 4.12. The zero-order valence-electron chi connectivity index (χ0n) is 12.8. The molecular weight excluding hydrogens is 316 g/mol. The molecule has 1 aliphatic heterocycles. The Labute approximate surface area is 139 Å². The summed E-state index contributed by atoms with van der Waals surface area (Å²) in [4.78, 5) is 14.0. The maximum absolute atomic E-state index is 12.3. The van der Waals surface area contributed by atoms with Gasteiger partial charge in [-0.3, -0.25) is 4.79 Å². The number of ether oxygens (including phenoxy) is 1. The molecule has 0 saturated carbocycles. The van der Waals surface area contributed by atoms with Crippen molar-refractivity contribution in [2.24, 2.45) is 0 Å². The number of halogens is 1. The van der Waals surface area contributed by atoms with E-state index in [-0.39, 0.29) is 5.91 Å². The Bertz CT molecular complexity index is 700. The van der Waals surface area contributed by atoms with Crippen molar-refractivity contribution < 1.29 is 9.53 Å². The Morgan fingerprint density at radius 1 is 1.22 bits per heavy atom. The van der Waals surface area contributed by atoms with E-state index < -0.39 is 0 Å². The van der Waals surface area contributed by atoms with Gasteiger partial charge in [0.25, 0.3) is 5.91 Å². The SMILES string of the molecule is Cc1c(Cl)cccc1Nc1ccc(C(=O)N2CCOCC2)nn1. The fourth-order valence-electron chi connectivity index (χ4n) is 2.32. The number of morpholine rings is 1. The maximum Gasteiger partial charge on any atom is 0.274 e. The topological polar surface area (TPSA) is 67.4 Å². The summed E-state index contributed by atoms with van der Waals surface area (Å²) in [6.07, 6.45) is 0. The van der Waals surface area contributed by atoms with E-state index in [1.165, 1.54) is 0 Å². The summed E-state index contributed by atoms with van der Waals surface area (Å²) < 4.78 is 5.24. The standard InChI is InChI=1S/C16H17ClN4O2/c1-11-12(17)3-2-4-13(11)18-15-6-5-14(19-20-15)16(22)21-7-9-23-10-8-21/h2-6H,7-10H2,1H3,(H,18,20). The lowest BCUT2D eigenvalue weighted by Crippen LogP contribution is -2.41. The van der Waals surface area contributed by atoms with Crippen LogP contribution in [0, 0.1) is 6.92 Å². The molecule has 1 amide bonds. The average molecular weight is 333 g/mol. The molecule has 0 radical (unpaired) electrons. The number of nitrogens with zero attached hydrogens (tertiary/aromatic N) is 3. The Morgan fingerprint density at radius 3 is 2.70 bits per heavy atom. The van der Waals surface area contributed by atoms with Crippen molar-refractivity contribution in [1.29, 1.82) is 0 Å². The fourth-order valence-corrected chi connectivity index (χ4v) is 2.50. The molecule has 0 aliphatic carbocycles. The summed E-state index contributed by atoms with van der Waals surface area (Å²) in [7, 11) is 0. The molecule has 0 unspecified atom stereocenters. The second-order valence-electron chi connectivity index (χ2n) is 5.25. The van der Waals surface area contributed by atoms with Crippen molar-refractivity contribution in [3.63, 3.8) is 0 Å². The number of carbonyl (C=O) groups is 1. The molecule has 1 N–H and O–H groups in total. The summed E-state index contributed by atoms with van der Waals surface area (Å²) in [5, 5.41) is 11.9. The van der Waals surface area contributed by atoms with Crippen LogP contribution < -0.4 is 5.32 Å². The number of carbonyl (C=O) groups excluding carboxylic acids is 1. The highest BCUT2D eigenvalue weighted by atomic mass is 35.5. The van der Waals surface area contributed by atoms with E-state index in [2.05, 4.69) is 15.5 Å². The maximum atomic E-state index is 12.3. The summed E-state index contributed by atoms with van der Waals surface area (Å²) in [5.41, 5.74) is 2.13. The van der Waals surface area contributed by atoms with Gasteiger partial charge in [-0.25, -0.2) is 0 Å². The summed E-state index contributed by atoms with van der Waals surface area (Å²) in [6, 6.07) is 9.02. The quantitative estimate of drug-likeness (QED) is 0.936. The van der Waals surface area contributed by atoms with Crippen molar-refractivity contribution in [3.8, 4) is 0 Å². The summed E-state index contributed by atoms with van der Waals surface area (Å²) in [6.45, 7) is 4.22. The minimum Gasteiger partial charge on any atom is -0.378 e. The van der Waals surface area contributed by atoms with Gasteiger partial charge in [-0.2, -0.15) is 0 Å². The number of amides is 1. The van der Waals surface area contributed by atoms with Crippen LogP contribution >= 0.6 is 11.6 Å². The van der Waals surface area contributed by atoms with Crippen LogP contribution in [0.3, 0.4) is 0 Å². The van der Waals surface area contributed by atoms with E-state index in [0.29, 0.717) is 42.8 Å². The van der Waals surface area contributed by atoms with Gasteiger partial charge in [0.15, 0.2) is 11.5 Å². The van der Waals surface area contributed by atoms with Gasteiger partial charge >= 0.3 is 0 Å². The normalized spacial score (nSPS) is 14.6. The molecule has 23 heavy (non-hydrogen) atoms. The number of rotatable bonds is 3. The highest BCUT2D eigenvalue weighted by Gasteiger charge is 2.19. The molecule has 1 fully saturated rings. The molecule has 1 aliphatic rings. The lowest BCUT2D eigenvalue weighted by molar-refractivity contribution is 0.0298. The molecule has 2 aromatic rings. The minimum absolute atomic E-state index is 0.119. The second-order valence-corrected chi connectivity index (χ2v) is 5.65. The van der Waals surface area contributed by atoms with Crippen LogP contribution in [0.4, 0.5) is 11.5 Å². The van der Waals surface area contributed by atoms with E-state index in [0.717, 1.165) is 11.3 Å². The van der Waals surface area contributed by atoms with Gasteiger partial charge in [0.1, 0.15) is 0 Å². The van der Waals surface area contributed by atoms with Crippen LogP contribution in [-0.4, -0.2) is 47.3 Å². The van der Waals surface area contributed by atoms with Gasteiger partial charge in [-0.15, -0.1) is 10.2 Å². The van der Waals surface area contributed by atoms with Crippen LogP contribution in [0.5, 0.6) is 0 Å². The van der Waals surface area contributed by atoms with Crippen molar-refractivity contribution in [1.82, 2.24) is 15.1 Å². The van der Waals surface area contributed by atoms with Crippen LogP contribution in [0.2, 0.25) is 5.02 Å². The first-order valence-electron chi connectivity index (χ1n) is 7.38. The summed E-state index contributed by atoms with van der Waals surface area (Å²) in [5.74, 6) is 0.445. The fraction of sp³-hybridized carbons (Fsp3) is 0.312. The predicted octanol–water partition coefficient (Wildman–Crippen LogP) is 2.65. The first-order chi connectivity index (χ1) is 11.1. The Balaban J connectivity index is 1.71. The number of hydrogen-bond donors (Lipinski definition) is 1.